The van der Waals surface area contributed by atoms with Crippen molar-refractivity contribution in [2.24, 2.45) is 0 Å². The van der Waals surface area contributed by atoms with Crippen molar-refractivity contribution in [2.75, 3.05) is 26.0 Å². The van der Waals surface area contributed by atoms with Crippen LogP contribution in [0.4, 0.5) is 5.69 Å². The van der Waals surface area contributed by atoms with Crippen molar-refractivity contribution in [1.29, 1.82) is 0 Å². The minimum absolute atomic E-state index is 0.0103. The fourth-order valence-corrected chi connectivity index (χ4v) is 3.13. The van der Waals surface area contributed by atoms with Crippen LogP contribution < -0.4 is 20.1 Å². The first-order valence-corrected chi connectivity index (χ1v) is 10.1. The van der Waals surface area contributed by atoms with Crippen molar-refractivity contribution in [1.82, 2.24) is 10.6 Å². The number of methoxy groups -OCH3 is 1. The average molecular weight is 433 g/mol. The molecule has 0 aliphatic heterocycles. The van der Waals surface area contributed by atoms with Gasteiger partial charge in [0.2, 0.25) is 5.91 Å². The Balaban J connectivity index is 1.83. The quantitative estimate of drug-likeness (QED) is 0.317. The van der Waals surface area contributed by atoms with Crippen LogP contribution in [0.25, 0.3) is 0 Å². The molecule has 2 aromatic carbocycles. The van der Waals surface area contributed by atoms with E-state index < -0.39 is 4.92 Å². The summed E-state index contributed by atoms with van der Waals surface area (Å²) >= 11 is 1.29. The number of hydrogen-bond acceptors (Lipinski definition) is 7. The summed E-state index contributed by atoms with van der Waals surface area (Å²) < 4.78 is 10.8. The summed E-state index contributed by atoms with van der Waals surface area (Å²) in [6.07, 6.45) is 0. The number of carbonyl (C=O) groups excluding carboxylic acids is 2. The van der Waals surface area contributed by atoms with E-state index in [9.17, 15) is 19.7 Å². The summed E-state index contributed by atoms with van der Waals surface area (Å²) in [5.74, 6) is 0.692. The zero-order valence-electron chi connectivity index (χ0n) is 16.7. The van der Waals surface area contributed by atoms with Crippen LogP contribution >= 0.6 is 11.8 Å². The number of rotatable bonds is 11. The maximum absolute atomic E-state index is 12.1. The first-order chi connectivity index (χ1) is 14.4. The van der Waals surface area contributed by atoms with Gasteiger partial charge in [-0.25, -0.2) is 0 Å². The van der Waals surface area contributed by atoms with Crippen LogP contribution in [0, 0.1) is 10.1 Å². The van der Waals surface area contributed by atoms with Gasteiger partial charge in [0.1, 0.15) is 0 Å². The zero-order chi connectivity index (χ0) is 21.9. The van der Waals surface area contributed by atoms with Gasteiger partial charge in [-0.3, -0.25) is 19.7 Å². The largest absolute Gasteiger partial charge is 0.493 e. The minimum atomic E-state index is -0.467. The van der Waals surface area contributed by atoms with Crippen molar-refractivity contribution in [3.05, 3.63) is 58.1 Å². The number of nitro groups is 1. The van der Waals surface area contributed by atoms with Crippen molar-refractivity contribution in [2.45, 2.75) is 18.4 Å². The third kappa shape index (κ3) is 7.28. The predicted octanol–water partition coefficient (Wildman–Crippen LogP) is 2.53. The molecule has 0 aliphatic carbocycles. The predicted molar refractivity (Wildman–Crippen MR) is 113 cm³/mol. The summed E-state index contributed by atoms with van der Waals surface area (Å²) in [5.41, 5.74) is 0.821. The monoisotopic (exact) mass is 433 g/mol. The molecule has 2 N–H and O–H groups in total. The Morgan fingerprint density at radius 2 is 1.80 bits per heavy atom. The highest BCUT2D eigenvalue weighted by atomic mass is 32.2. The lowest BCUT2D eigenvalue weighted by atomic mass is 10.2. The summed E-state index contributed by atoms with van der Waals surface area (Å²) in [7, 11) is 1.50. The van der Waals surface area contributed by atoms with Crippen LogP contribution in [0.5, 0.6) is 11.5 Å². The number of thioether (sulfide) groups is 1. The van der Waals surface area contributed by atoms with Gasteiger partial charge >= 0.3 is 0 Å². The normalized spacial score (nSPS) is 10.2. The van der Waals surface area contributed by atoms with Gasteiger partial charge < -0.3 is 20.1 Å². The van der Waals surface area contributed by atoms with Crippen molar-refractivity contribution >= 4 is 29.3 Å². The minimum Gasteiger partial charge on any atom is -0.493 e. The molecular weight excluding hydrogens is 410 g/mol. The van der Waals surface area contributed by atoms with E-state index in [0.29, 0.717) is 24.6 Å². The van der Waals surface area contributed by atoms with E-state index in [0.717, 1.165) is 10.5 Å². The number of non-ortho nitro benzene ring substituents is 1. The average Bonchev–Trinajstić information content (AvgIpc) is 2.75. The van der Waals surface area contributed by atoms with Gasteiger partial charge in [-0.2, -0.15) is 0 Å². The van der Waals surface area contributed by atoms with Crippen LogP contribution in [0.1, 0.15) is 12.5 Å². The number of nitrogens with one attached hydrogen (secondary N) is 2. The molecule has 10 heteroatoms. The molecule has 0 bridgehead atoms. The van der Waals surface area contributed by atoms with Crippen LogP contribution in [-0.4, -0.2) is 42.8 Å². The maximum Gasteiger partial charge on any atom is 0.269 e. The Morgan fingerprint density at radius 3 is 2.43 bits per heavy atom. The molecule has 0 atom stereocenters. The summed E-state index contributed by atoms with van der Waals surface area (Å²) in [6, 6.07) is 11.2. The molecule has 0 radical (unpaired) electrons. The SMILES string of the molecule is CCNC(=O)COc1ccc(CNC(=O)CSc2ccc([N+](=O)[O-])cc2)cc1OC. The lowest BCUT2D eigenvalue weighted by Gasteiger charge is -2.12. The van der Waals surface area contributed by atoms with E-state index >= 15 is 0 Å². The van der Waals surface area contributed by atoms with Crippen LogP contribution in [0.15, 0.2) is 47.4 Å². The smallest absolute Gasteiger partial charge is 0.269 e. The van der Waals surface area contributed by atoms with Gasteiger partial charge in [-0.15, -0.1) is 11.8 Å². The molecule has 0 unspecified atom stereocenters. The third-order valence-corrected chi connectivity index (χ3v) is 4.88. The third-order valence-electron chi connectivity index (χ3n) is 3.87. The number of nitro benzene ring substituents is 1. The number of carbonyl (C=O) groups is 2. The molecule has 9 nitrogen and oxygen atoms in total. The standard InChI is InChI=1S/C20H23N3O6S/c1-3-21-19(24)12-29-17-9-4-14(10-18(17)28-2)11-22-20(25)13-30-16-7-5-15(6-8-16)23(26)27/h4-10H,3,11-13H2,1-2H3,(H,21,24)(H,22,25). The Hall–Kier alpha value is -3.27. The first-order valence-electron chi connectivity index (χ1n) is 9.13. The van der Waals surface area contributed by atoms with Crippen LogP contribution in [0.3, 0.4) is 0 Å². The van der Waals surface area contributed by atoms with Crippen molar-refractivity contribution in [3.8, 4) is 11.5 Å². The molecule has 0 spiro atoms. The Labute approximate surface area is 178 Å². The maximum atomic E-state index is 12.1. The highest BCUT2D eigenvalue weighted by molar-refractivity contribution is 8.00. The van der Waals surface area contributed by atoms with Gasteiger partial charge in [-0.05, 0) is 36.8 Å². The molecule has 0 aromatic heterocycles. The van der Waals surface area contributed by atoms with E-state index in [1.54, 1.807) is 30.3 Å². The lowest BCUT2D eigenvalue weighted by Crippen LogP contribution is -2.28. The number of amides is 2. The molecule has 2 rings (SSSR count). The zero-order valence-corrected chi connectivity index (χ0v) is 17.5. The molecule has 0 aliphatic rings. The Bertz CT molecular complexity index is 889. The molecular formula is C20H23N3O6S. The highest BCUT2D eigenvalue weighted by Crippen LogP contribution is 2.28. The molecule has 2 amide bonds. The topological polar surface area (TPSA) is 120 Å². The van der Waals surface area contributed by atoms with Gasteiger partial charge in [0, 0.05) is 30.1 Å². The van der Waals surface area contributed by atoms with Crippen molar-refractivity contribution in [3.63, 3.8) is 0 Å². The van der Waals surface area contributed by atoms with Crippen molar-refractivity contribution < 1.29 is 24.0 Å². The molecule has 2 aromatic rings. The van der Waals surface area contributed by atoms with E-state index in [2.05, 4.69) is 10.6 Å². The highest BCUT2D eigenvalue weighted by Gasteiger charge is 2.10. The van der Waals surface area contributed by atoms with Crippen LogP contribution in [0.2, 0.25) is 0 Å². The van der Waals surface area contributed by atoms with E-state index in [1.165, 1.54) is 31.0 Å². The number of likely N-dealkylation sites (N-methyl/N-ethyl adjacent to an activating group) is 1. The molecule has 30 heavy (non-hydrogen) atoms. The summed E-state index contributed by atoms with van der Waals surface area (Å²) in [4.78, 5) is 34.6. The van der Waals surface area contributed by atoms with E-state index in [-0.39, 0.29) is 29.9 Å². The number of hydrogen-bond donors (Lipinski definition) is 2. The van der Waals surface area contributed by atoms with Gasteiger partial charge in [0.25, 0.3) is 11.6 Å². The molecule has 160 valence electrons. The molecule has 0 heterocycles. The van der Waals surface area contributed by atoms with Crippen LogP contribution in [-0.2, 0) is 16.1 Å². The lowest BCUT2D eigenvalue weighted by molar-refractivity contribution is -0.384. The second-order valence-corrected chi connectivity index (χ2v) is 7.09. The molecule has 0 fully saturated rings. The number of ether oxygens (including phenoxy) is 2. The Morgan fingerprint density at radius 1 is 1.07 bits per heavy atom. The van der Waals surface area contributed by atoms with E-state index in [4.69, 9.17) is 9.47 Å². The first kappa shape index (κ1) is 23.0. The fraction of sp³-hybridized carbons (Fsp3) is 0.300. The summed E-state index contributed by atoms with van der Waals surface area (Å²) in [5, 5.41) is 16.1. The van der Waals surface area contributed by atoms with E-state index in [1.807, 2.05) is 6.92 Å². The second kappa shape index (κ2) is 11.7. The summed E-state index contributed by atoms with van der Waals surface area (Å²) in [6.45, 7) is 2.54. The van der Waals surface area contributed by atoms with Gasteiger partial charge in [0.15, 0.2) is 18.1 Å². The molecule has 0 saturated carbocycles. The molecule has 0 saturated heterocycles. The number of benzene rings is 2. The van der Waals surface area contributed by atoms with Gasteiger partial charge in [0.05, 0.1) is 17.8 Å². The fourth-order valence-electron chi connectivity index (χ4n) is 2.40. The number of nitrogens with zero attached hydrogens (tertiary/aromatic N) is 1. The Kier molecular flexibility index (Phi) is 8.95. The second-order valence-electron chi connectivity index (χ2n) is 6.04. The van der Waals surface area contributed by atoms with Gasteiger partial charge in [-0.1, -0.05) is 6.07 Å².